The van der Waals surface area contributed by atoms with Gasteiger partial charge in [0, 0.05) is 16.6 Å². The Morgan fingerprint density at radius 3 is 3.06 bits per heavy atom. The third-order valence-corrected chi connectivity index (χ3v) is 2.91. The maximum atomic E-state index is 5.91. The average molecular weight is 250 g/mol. The quantitative estimate of drug-likeness (QED) is 0.905. The van der Waals surface area contributed by atoms with Gasteiger partial charge in [0.15, 0.2) is 0 Å². The second-order valence-electron chi connectivity index (χ2n) is 4.18. The van der Waals surface area contributed by atoms with Crippen molar-refractivity contribution in [2.45, 2.75) is 25.4 Å². The molecular formula is C12H12ClN3O. The molecule has 0 bridgehead atoms. The van der Waals surface area contributed by atoms with E-state index in [0.29, 0.717) is 29.3 Å². The van der Waals surface area contributed by atoms with E-state index in [1.165, 1.54) is 12.8 Å². The SMILES string of the molecule is Clc1cccc(-c2noc(CNC3CC3)n2)c1. The molecule has 2 aromatic rings. The lowest BCUT2D eigenvalue weighted by atomic mass is 10.2. The van der Waals surface area contributed by atoms with Crippen molar-refractivity contribution in [3.63, 3.8) is 0 Å². The fourth-order valence-corrected chi connectivity index (χ4v) is 1.78. The number of benzene rings is 1. The molecule has 0 radical (unpaired) electrons. The normalized spacial score (nSPS) is 15.1. The van der Waals surface area contributed by atoms with E-state index in [9.17, 15) is 0 Å². The van der Waals surface area contributed by atoms with Crippen molar-refractivity contribution in [2.24, 2.45) is 0 Å². The van der Waals surface area contributed by atoms with Gasteiger partial charge >= 0.3 is 0 Å². The van der Waals surface area contributed by atoms with Gasteiger partial charge in [-0.15, -0.1) is 0 Å². The minimum atomic E-state index is 0.583. The molecule has 1 aromatic carbocycles. The van der Waals surface area contributed by atoms with Crippen LogP contribution in [0.25, 0.3) is 11.4 Å². The highest BCUT2D eigenvalue weighted by Crippen LogP contribution is 2.21. The Morgan fingerprint density at radius 2 is 2.29 bits per heavy atom. The fourth-order valence-electron chi connectivity index (χ4n) is 1.59. The van der Waals surface area contributed by atoms with Crippen LogP contribution in [0.3, 0.4) is 0 Å². The van der Waals surface area contributed by atoms with Crippen LogP contribution in [-0.4, -0.2) is 16.2 Å². The van der Waals surface area contributed by atoms with E-state index < -0.39 is 0 Å². The minimum Gasteiger partial charge on any atom is -0.338 e. The molecule has 0 amide bonds. The molecule has 1 aliphatic rings. The minimum absolute atomic E-state index is 0.583. The first-order valence-electron chi connectivity index (χ1n) is 5.63. The van der Waals surface area contributed by atoms with Crippen LogP contribution in [0.2, 0.25) is 5.02 Å². The van der Waals surface area contributed by atoms with E-state index in [1.807, 2.05) is 24.3 Å². The van der Waals surface area contributed by atoms with Crippen molar-refractivity contribution in [3.8, 4) is 11.4 Å². The number of nitrogens with one attached hydrogen (secondary N) is 1. The molecule has 5 heteroatoms. The topological polar surface area (TPSA) is 51.0 Å². The number of rotatable bonds is 4. The zero-order valence-corrected chi connectivity index (χ0v) is 9.94. The smallest absolute Gasteiger partial charge is 0.240 e. The van der Waals surface area contributed by atoms with Crippen molar-refractivity contribution in [1.29, 1.82) is 0 Å². The molecule has 1 aromatic heterocycles. The predicted molar refractivity (Wildman–Crippen MR) is 64.6 cm³/mol. The molecule has 0 atom stereocenters. The van der Waals surface area contributed by atoms with Gasteiger partial charge < -0.3 is 9.84 Å². The highest BCUT2D eigenvalue weighted by molar-refractivity contribution is 6.30. The van der Waals surface area contributed by atoms with Gasteiger partial charge in [0.1, 0.15) is 0 Å². The van der Waals surface area contributed by atoms with E-state index in [2.05, 4.69) is 15.5 Å². The van der Waals surface area contributed by atoms with Crippen LogP contribution in [0.15, 0.2) is 28.8 Å². The fraction of sp³-hybridized carbons (Fsp3) is 0.333. The summed E-state index contributed by atoms with van der Waals surface area (Å²) in [6, 6.07) is 8.06. The summed E-state index contributed by atoms with van der Waals surface area (Å²) in [6.45, 7) is 0.637. The molecule has 0 spiro atoms. The van der Waals surface area contributed by atoms with Gasteiger partial charge in [-0.2, -0.15) is 4.98 Å². The van der Waals surface area contributed by atoms with Gasteiger partial charge in [-0.25, -0.2) is 0 Å². The van der Waals surface area contributed by atoms with Gasteiger partial charge in [-0.3, -0.25) is 0 Å². The molecule has 1 heterocycles. The Kier molecular flexibility index (Phi) is 2.82. The molecule has 1 fully saturated rings. The molecule has 0 unspecified atom stereocenters. The van der Waals surface area contributed by atoms with Gasteiger partial charge in [-0.1, -0.05) is 28.9 Å². The Hall–Kier alpha value is -1.39. The molecule has 88 valence electrons. The first-order chi connectivity index (χ1) is 8.31. The second-order valence-corrected chi connectivity index (χ2v) is 4.61. The summed E-state index contributed by atoms with van der Waals surface area (Å²) in [5.74, 6) is 1.20. The van der Waals surface area contributed by atoms with E-state index >= 15 is 0 Å². The van der Waals surface area contributed by atoms with Gasteiger partial charge in [0.05, 0.1) is 6.54 Å². The van der Waals surface area contributed by atoms with Crippen LogP contribution in [0, 0.1) is 0 Å². The van der Waals surface area contributed by atoms with Crippen LogP contribution < -0.4 is 5.32 Å². The van der Waals surface area contributed by atoms with Crippen molar-refractivity contribution in [2.75, 3.05) is 0 Å². The van der Waals surface area contributed by atoms with Crippen LogP contribution in [0.4, 0.5) is 0 Å². The van der Waals surface area contributed by atoms with Crippen molar-refractivity contribution in [3.05, 3.63) is 35.2 Å². The van der Waals surface area contributed by atoms with Crippen LogP contribution >= 0.6 is 11.6 Å². The Bertz CT molecular complexity index is 522. The largest absolute Gasteiger partial charge is 0.338 e. The molecule has 4 nitrogen and oxygen atoms in total. The average Bonchev–Trinajstić information content (AvgIpc) is 3.04. The molecule has 0 saturated heterocycles. The number of hydrogen-bond acceptors (Lipinski definition) is 4. The van der Waals surface area contributed by atoms with E-state index in [-0.39, 0.29) is 0 Å². The number of aromatic nitrogens is 2. The maximum Gasteiger partial charge on any atom is 0.240 e. The lowest BCUT2D eigenvalue weighted by molar-refractivity contribution is 0.367. The summed E-state index contributed by atoms with van der Waals surface area (Å²) in [6.07, 6.45) is 2.49. The second kappa shape index (κ2) is 4.47. The Balaban J connectivity index is 1.74. The van der Waals surface area contributed by atoms with Gasteiger partial charge in [0.25, 0.3) is 0 Å². The standard InChI is InChI=1S/C12H12ClN3O/c13-9-3-1-2-8(6-9)12-15-11(17-16-12)7-14-10-4-5-10/h1-3,6,10,14H,4-5,7H2. The number of nitrogens with zero attached hydrogens (tertiary/aromatic N) is 2. The highest BCUT2D eigenvalue weighted by atomic mass is 35.5. The summed E-state index contributed by atoms with van der Waals surface area (Å²) >= 11 is 5.91. The Labute approximate surface area is 104 Å². The zero-order valence-electron chi connectivity index (χ0n) is 9.19. The van der Waals surface area contributed by atoms with Gasteiger partial charge in [-0.05, 0) is 25.0 Å². The first-order valence-corrected chi connectivity index (χ1v) is 6.01. The lowest BCUT2D eigenvalue weighted by Crippen LogP contribution is -2.15. The number of hydrogen-bond donors (Lipinski definition) is 1. The Morgan fingerprint density at radius 1 is 1.41 bits per heavy atom. The van der Waals surface area contributed by atoms with Crippen LogP contribution in [0.5, 0.6) is 0 Å². The third-order valence-electron chi connectivity index (χ3n) is 2.67. The zero-order chi connectivity index (χ0) is 11.7. The molecule has 3 rings (SSSR count). The van der Waals surface area contributed by atoms with Crippen molar-refractivity contribution < 1.29 is 4.52 Å². The lowest BCUT2D eigenvalue weighted by Gasteiger charge is -1.95. The van der Waals surface area contributed by atoms with E-state index in [1.54, 1.807) is 0 Å². The monoisotopic (exact) mass is 249 g/mol. The summed E-state index contributed by atoms with van der Waals surface area (Å²) in [5, 5.41) is 7.94. The molecule has 0 aliphatic heterocycles. The summed E-state index contributed by atoms with van der Waals surface area (Å²) in [7, 11) is 0. The predicted octanol–water partition coefficient (Wildman–Crippen LogP) is 2.64. The summed E-state index contributed by atoms with van der Waals surface area (Å²) < 4.78 is 5.17. The third kappa shape index (κ3) is 2.65. The summed E-state index contributed by atoms with van der Waals surface area (Å²) in [4.78, 5) is 4.32. The molecule has 1 saturated carbocycles. The summed E-state index contributed by atoms with van der Waals surface area (Å²) in [5.41, 5.74) is 0.874. The molecule has 1 N–H and O–H groups in total. The number of halogens is 1. The first kappa shape index (κ1) is 10.7. The van der Waals surface area contributed by atoms with E-state index in [0.717, 1.165) is 5.56 Å². The van der Waals surface area contributed by atoms with Crippen molar-refractivity contribution >= 4 is 11.6 Å². The van der Waals surface area contributed by atoms with E-state index in [4.69, 9.17) is 16.1 Å². The van der Waals surface area contributed by atoms with Crippen LogP contribution in [0.1, 0.15) is 18.7 Å². The van der Waals surface area contributed by atoms with Gasteiger partial charge in [0.2, 0.25) is 11.7 Å². The molecular weight excluding hydrogens is 238 g/mol. The highest BCUT2D eigenvalue weighted by Gasteiger charge is 2.21. The van der Waals surface area contributed by atoms with Crippen molar-refractivity contribution in [1.82, 2.24) is 15.5 Å². The van der Waals surface area contributed by atoms with Crippen LogP contribution in [-0.2, 0) is 6.54 Å². The molecule has 17 heavy (non-hydrogen) atoms. The molecule has 1 aliphatic carbocycles. The maximum absolute atomic E-state index is 5.91.